The molecule has 1 atom stereocenters. The van der Waals surface area contributed by atoms with Gasteiger partial charge in [0.1, 0.15) is 5.69 Å². The Hall–Kier alpha value is -1.53. The molecule has 2 aromatic rings. The number of halogens is 1. The standard InChI is InChI=1S/C12H13BrN4O/c1-17-10(12(13)15-16-17)11(18)9(14)7-8-5-3-2-4-6-8/h2-6,9H,7,14H2,1H3. The third-order valence-electron chi connectivity index (χ3n) is 2.65. The normalized spacial score (nSPS) is 12.4. The summed E-state index contributed by atoms with van der Waals surface area (Å²) in [5.41, 5.74) is 7.37. The molecule has 0 spiro atoms. The molecule has 0 saturated carbocycles. The highest BCUT2D eigenvalue weighted by Crippen LogP contribution is 2.15. The Balaban J connectivity index is 2.15. The molecule has 18 heavy (non-hydrogen) atoms. The number of hydrogen-bond acceptors (Lipinski definition) is 4. The van der Waals surface area contributed by atoms with Gasteiger partial charge in [-0.25, -0.2) is 4.68 Å². The van der Waals surface area contributed by atoms with Crippen molar-refractivity contribution in [2.24, 2.45) is 12.8 Å². The Morgan fingerprint density at radius 1 is 1.44 bits per heavy atom. The van der Waals surface area contributed by atoms with Crippen LogP contribution in [0.4, 0.5) is 0 Å². The van der Waals surface area contributed by atoms with Gasteiger partial charge in [-0.05, 0) is 27.9 Å². The monoisotopic (exact) mass is 308 g/mol. The van der Waals surface area contributed by atoms with Crippen LogP contribution in [0.1, 0.15) is 16.1 Å². The molecule has 0 saturated heterocycles. The molecule has 5 nitrogen and oxygen atoms in total. The van der Waals surface area contributed by atoms with E-state index in [9.17, 15) is 4.79 Å². The van der Waals surface area contributed by atoms with E-state index in [1.807, 2.05) is 30.3 Å². The van der Waals surface area contributed by atoms with Crippen LogP contribution in [0.25, 0.3) is 0 Å². The predicted octanol–water partition coefficient (Wildman–Crippen LogP) is 1.33. The van der Waals surface area contributed by atoms with Crippen LogP contribution >= 0.6 is 15.9 Å². The zero-order valence-corrected chi connectivity index (χ0v) is 11.5. The van der Waals surface area contributed by atoms with Gasteiger partial charge >= 0.3 is 0 Å². The first kappa shape index (κ1) is 12.9. The number of rotatable bonds is 4. The molecule has 0 radical (unpaired) electrons. The molecule has 0 aliphatic rings. The molecule has 1 aromatic carbocycles. The zero-order valence-electron chi connectivity index (χ0n) is 9.88. The number of ketones is 1. The molecule has 94 valence electrons. The molecule has 1 unspecified atom stereocenters. The number of Topliss-reactive ketones (excluding diaryl/α,β-unsaturated/α-hetero) is 1. The van der Waals surface area contributed by atoms with Gasteiger partial charge in [0, 0.05) is 7.05 Å². The number of nitrogens with zero attached hydrogens (tertiary/aromatic N) is 3. The van der Waals surface area contributed by atoms with Crippen LogP contribution in [0, 0.1) is 0 Å². The number of aromatic nitrogens is 3. The fourth-order valence-electron chi connectivity index (χ4n) is 1.73. The maximum Gasteiger partial charge on any atom is 0.200 e. The molecule has 1 aromatic heterocycles. The molecular formula is C12H13BrN4O. The van der Waals surface area contributed by atoms with E-state index < -0.39 is 6.04 Å². The van der Waals surface area contributed by atoms with Gasteiger partial charge in [0.05, 0.1) is 6.04 Å². The van der Waals surface area contributed by atoms with Crippen molar-refractivity contribution in [3.8, 4) is 0 Å². The second kappa shape index (κ2) is 5.41. The van der Waals surface area contributed by atoms with Crippen molar-refractivity contribution in [1.29, 1.82) is 0 Å². The predicted molar refractivity (Wildman–Crippen MR) is 71.2 cm³/mol. The minimum Gasteiger partial charge on any atom is -0.321 e. The second-order valence-electron chi connectivity index (χ2n) is 4.01. The van der Waals surface area contributed by atoms with Crippen molar-refractivity contribution in [3.63, 3.8) is 0 Å². The summed E-state index contributed by atoms with van der Waals surface area (Å²) in [4.78, 5) is 12.2. The van der Waals surface area contributed by atoms with Crippen molar-refractivity contribution in [1.82, 2.24) is 15.0 Å². The molecule has 0 bridgehead atoms. The third kappa shape index (κ3) is 2.65. The average Bonchev–Trinajstić information content (AvgIpc) is 2.69. The summed E-state index contributed by atoms with van der Waals surface area (Å²) in [5.74, 6) is -0.168. The van der Waals surface area contributed by atoms with Crippen molar-refractivity contribution >= 4 is 21.7 Å². The number of aryl methyl sites for hydroxylation is 1. The third-order valence-corrected chi connectivity index (χ3v) is 3.19. The smallest absolute Gasteiger partial charge is 0.200 e. The van der Waals surface area contributed by atoms with Gasteiger partial charge < -0.3 is 5.73 Å². The van der Waals surface area contributed by atoms with Crippen LogP contribution in [0.2, 0.25) is 0 Å². The summed E-state index contributed by atoms with van der Waals surface area (Å²) in [5, 5.41) is 7.55. The Bertz CT molecular complexity index is 533. The number of hydrogen-bond donors (Lipinski definition) is 1. The van der Waals surface area contributed by atoms with Gasteiger partial charge in [0.15, 0.2) is 4.60 Å². The van der Waals surface area contributed by atoms with Crippen LogP contribution < -0.4 is 5.73 Å². The van der Waals surface area contributed by atoms with Gasteiger partial charge in [-0.15, -0.1) is 5.10 Å². The Kier molecular flexibility index (Phi) is 3.88. The fourth-order valence-corrected chi connectivity index (χ4v) is 2.25. The van der Waals surface area contributed by atoms with E-state index in [0.29, 0.717) is 16.7 Å². The largest absolute Gasteiger partial charge is 0.321 e. The Morgan fingerprint density at radius 2 is 2.11 bits per heavy atom. The minimum absolute atomic E-state index is 0.168. The van der Waals surface area contributed by atoms with E-state index in [4.69, 9.17) is 5.73 Å². The lowest BCUT2D eigenvalue weighted by Gasteiger charge is -2.10. The number of benzene rings is 1. The van der Waals surface area contributed by atoms with Crippen molar-refractivity contribution in [2.45, 2.75) is 12.5 Å². The maximum atomic E-state index is 12.2. The van der Waals surface area contributed by atoms with E-state index in [0.717, 1.165) is 5.56 Å². The molecule has 1 heterocycles. The van der Waals surface area contributed by atoms with Crippen LogP contribution in [-0.4, -0.2) is 26.8 Å². The highest BCUT2D eigenvalue weighted by molar-refractivity contribution is 9.10. The first-order valence-corrected chi connectivity index (χ1v) is 6.28. The van der Waals surface area contributed by atoms with Crippen molar-refractivity contribution in [3.05, 3.63) is 46.2 Å². The van der Waals surface area contributed by atoms with Crippen molar-refractivity contribution < 1.29 is 4.79 Å². The lowest BCUT2D eigenvalue weighted by molar-refractivity contribution is 0.0951. The van der Waals surface area contributed by atoms with Gasteiger partial charge in [-0.1, -0.05) is 35.5 Å². The highest BCUT2D eigenvalue weighted by Gasteiger charge is 2.23. The highest BCUT2D eigenvalue weighted by atomic mass is 79.9. The SMILES string of the molecule is Cn1nnc(Br)c1C(=O)C(N)Cc1ccccc1. The van der Waals surface area contributed by atoms with Crippen LogP contribution in [0.5, 0.6) is 0 Å². The van der Waals surface area contributed by atoms with Crippen LogP contribution in [0.3, 0.4) is 0 Å². The number of carbonyl (C=O) groups excluding carboxylic acids is 1. The molecule has 0 aliphatic carbocycles. The molecule has 6 heteroatoms. The summed E-state index contributed by atoms with van der Waals surface area (Å²) in [6.45, 7) is 0. The molecule has 0 aliphatic heterocycles. The Labute approximate surface area is 113 Å². The van der Waals surface area contributed by atoms with Gasteiger partial charge in [-0.2, -0.15) is 0 Å². The fraction of sp³-hybridized carbons (Fsp3) is 0.250. The lowest BCUT2D eigenvalue weighted by atomic mass is 10.0. The molecule has 0 amide bonds. The summed E-state index contributed by atoms with van der Waals surface area (Å²) in [6, 6.07) is 9.08. The second-order valence-corrected chi connectivity index (χ2v) is 4.76. The topological polar surface area (TPSA) is 73.8 Å². The Morgan fingerprint density at radius 3 is 2.67 bits per heavy atom. The van der Waals surface area contributed by atoms with Gasteiger partial charge in [0.25, 0.3) is 0 Å². The summed E-state index contributed by atoms with van der Waals surface area (Å²) < 4.78 is 1.86. The minimum atomic E-state index is -0.596. The maximum absolute atomic E-state index is 12.2. The summed E-state index contributed by atoms with van der Waals surface area (Å²) in [6.07, 6.45) is 0.497. The van der Waals surface area contributed by atoms with Crippen LogP contribution in [-0.2, 0) is 13.5 Å². The first-order chi connectivity index (χ1) is 8.59. The van der Waals surface area contributed by atoms with E-state index in [2.05, 4.69) is 26.2 Å². The molecule has 0 fully saturated rings. The average molecular weight is 309 g/mol. The van der Waals surface area contributed by atoms with Gasteiger partial charge in [0.2, 0.25) is 5.78 Å². The summed E-state index contributed by atoms with van der Waals surface area (Å²) >= 11 is 3.20. The van der Waals surface area contributed by atoms with E-state index in [1.54, 1.807) is 7.05 Å². The molecule has 2 N–H and O–H groups in total. The first-order valence-electron chi connectivity index (χ1n) is 5.48. The lowest BCUT2D eigenvalue weighted by Crippen LogP contribution is -2.34. The van der Waals surface area contributed by atoms with E-state index >= 15 is 0 Å². The van der Waals surface area contributed by atoms with Gasteiger partial charge in [-0.3, -0.25) is 4.79 Å². The zero-order chi connectivity index (χ0) is 13.1. The molecular weight excluding hydrogens is 296 g/mol. The van der Waals surface area contributed by atoms with Crippen LogP contribution in [0.15, 0.2) is 34.9 Å². The quantitative estimate of drug-likeness (QED) is 0.865. The number of nitrogens with two attached hydrogens (primary N) is 1. The van der Waals surface area contributed by atoms with E-state index in [-0.39, 0.29) is 5.78 Å². The van der Waals surface area contributed by atoms with E-state index in [1.165, 1.54) is 4.68 Å². The van der Waals surface area contributed by atoms with Crippen molar-refractivity contribution in [2.75, 3.05) is 0 Å². The molecule has 2 rings (SSSR count). The number of carbonyl (C=O) groups is 1. The summed E-state index contributed by atoms with van der Waals surface area (Å²) in [7, 11) is 1.67.